The van der Waals surface area contributed by atoms with Crippen LogP contribution in [0, 0.1) is 5.92 Å². The molecular formula is C8H13NO. The molecule has 0 aromatic heterocycles. The predicted octanol–water partition coefficient (Wildman–Crippen LogP) is 1.82. The zero-order valence-electron chi connectivity index (χ0n) is 6.66. The predicted molar refractivity (Wildman–Crippen MR) is 43.2 cm³/mol. The molecule has 0 atom stereocenters. The van der Waals surface area contributed by atoms with Gasteiger partial charge in [0.25, 0.3) is 0 Å². The summed E-state index contributed by atoms with van der Waals surface area (Å²) in [5.41, 5.74) is 0. The van der Waals surface area contributed by atoms with Crippen LogP contribution in [-0.4, -0.2) is 12.0 Å². The largest absolute Gasteiger partial charge is 0.295 e. The van der Waals surface area contributed by atoms with Crippen molar-refractivity contribution >= 4 is 12.0 Å². The SMILES string of the molecule is C/C=N\C=C\C(=O)C(C)C. The van der Waals surface area contributed by atoms with E-state index in [1.54, 1.807) is 6.21 Å². The Labute approximate surface area is 61.7 Å². The van der Waals surface area contributed by atoms with Gasteiger partial charge in [-0.1, -0.05) is 13.8 Å². The van der Waals surface area contributed by atoms with E-state index in [-0.39, 0.29) is 11.7 Å². The number of rotatable bonds is 3. The summed E-state index contributed by atoms with van der Waals surface area (Å²) in [6.07, 6.45) is 4.65. The van der Waals surface area contributed by atoms with Crippen LogP contribution < -0.4 is 0 Å². The Morgan fingerprint density at radius 3 is 2.50 bits per heavy atom. The molecule has 0 aliphatic rings. The van der Waals surface area contributed by atoms with Crippen molar-refractivity contribution in [2.24, 2.45) is 10.9 Å². The number of aliphatic imine (C=N–C) groups is 1. The van der Waals surface area contributed by atoms with Gasteiger partial charge >= 0.3 is 0 Å². The molecule has 0 rings (SSSR count). The molecule has 0 aromatic carbocycles. The number of carbonyl (C=O) groups is 1. The number of nitrogens with zero attached hydrogens (tertiary/aromatic N) is 1. The Balaban J connectivity index is 3.78. The van der Waals surface area contributed by atoms with Crippen LogP contribution >= 0.6 is 0 Å². The highest BCUT2D eigenvalue weighted by Crippen LogP contribution is 1.94. The maximum absolute atomic E-state index is 10.9. The Bertz CT molecular complexity index is 157. The summed E-state index contributed by atoms with van der Waals surface area (Å²) in [6, 6.07) is 0. The van der Waals surface area contributed by atoms with E-state index in [2.05, 4.69) is 4.99 Å². The smallest absolute Gasteiger partial charge is 0.159 e. The summed E-state index contributed by atoms with van der Waals surface area (Å²) in [5, 5.41) is 0. The third kappa shape index (κ3) is 4.01. The lowest BCUT2D eigenvalue weighted by Gasteiger charge is -1.93. The van der Waals surface area contributed by atoms with Crippen LogP contribution in [0.3, 0.4) is 0 Å². The van der Waals surface area contributed by atoms with Crippen molar-refractivity contribution in [2.45, 2.75) is 20.8 Å². The number of carbonyl (C=O) groups excluding carboxylic acids is 1. The number of hydrogen-bond acceptors (Lipinski definition) is 2. The van der Waals surface area contributed by atoms with Gasteiger partial charge in [0.05, 0.1) is 0 Å². The first kappa shape index (κ1) is 9.08. The van der Waals surface area contributed by atoms with Crippen LogP contribution in [0.25, 0.3) is 0 Å². The van der Waals surface area contributed by atoms with Crippen LogP contribution in [0.4, 0.5) is 0 Å². The van der Waals surface area contributed by atoms with E-state index in [9.17, 15) is 4.79 Å². The first-order chi connectivity index (χ1) is 4.68. The molecule has 56 valence electrons. The van der Waals surface area contributed by atoms with Gasteiger partial charge in [0.2, 0.25) is 0 Å². The van der Waals surface area contributed by atoms with Gasteiger partial charge < -0.3 is 0 Å². The molecule has 0 saturated carbocycles. The average molecular weight is 139 g/mol. The van der Waals surface area contributed by atoms with Crippen molar-refractivity contribution in [3.8, 4) is 0 Å². The van der Waals surface area contributed by atoms with Gasteiger partial charge in [-0.15, -0.1) is 0 Å². The van der Waals surface area contributed by atoms with Gasteiger partial charge in [-0.2, -0.15) is 0 Å². The molecule has 2 heteroatoms. The molecule has 0 aliphatic carbocycles. The van der Waals surface area contributed by atoms with E-state index in [1.165, 1.54) is 12.3 Å². The molecule has 0 saturated heterocycles. The molecule has 0 radical (unpaired) electrons. The maximum atomic E-state index is 10.9. The quantitative estimate of drug-likeness (QED) is 0.433. The summed E-state index contributed by atoms with van der Waals surface area (Å²) >= 11 is 0. The standard InChI is InChI=1S/C8H13NO/c1-4-9-6-5-8(10)7(2)3/h4-7H,1-3H3/b6-5+,9-4-. The van der Waals surface area contributed by atoms with E-state index in [4.69, 9.17) is 0 Å². The molecule has 0 unspecified atom stereocenters. The highest BCUT2D eigenvalue weighted by molar-refractivity contribution is 5.91. The van der Waals surface area contributed by atoms with Crippen LogP contribution in [-0.2, 0) is 4.79 Å². The minimum absolute atomic E-state index is 0.0725. The van der Waals surface area contributed by atoms with Crippen molar-refractivity contribution in [1.82, 2.24) is 0 Å². The molecule has 0 bridgehead atoms. The third-order valence-corrected chi connectivity index (χ3v) is 1.04. The fraction of sp³-hybridized carbons (Fsp3) is 0.500. The zero-order valence-corrected chi connectivity index (χ0v) is 6.66. The molecule has 0 aliphatic heterocycles. The van der Waals surface area contributed by atoms with Gasteiger partial charge in [-0.25, -0.2) is 0 Å². The number of allylic oxidation sites excluding steroid dienone is 1. The maximum Gasteiger partial charge on any atom is 0.159 e. The molecule has 10 heavy (non-hydrogen) atoms. The summed E-state index contributed by atoms with van der Waals surface area (Å²) in [6.45, 7) is 5.54. The third-order valence-electron chi connectivity index (χ3n) is 1.04. The lowest BCUT2D eigenvalue weighted by Crippen LogP contribution is -2.01. The van der Waals surface area contributed by atoms with Crippen LogP contribution in [0.15, 0.2) is 17.3 Å². The topological polar surface area (TPSA) is 29.4 Å². The highest BCUT2D eigenvalue weighted by Gasteiger charge is 1.99. The van der Waals surface area contributed by atoms with E-state index >= 15 is 0 Å². The molecule has 0 fully saturated rings. The first-order valence-electron chi connectivity index (χ1n) is 3.36. The van der Waals surface area contributed by atoms with Crippen molar-refractivity contribution in [3.63, 3.8) is 0 Å². The molecular weight excluding hydrogens is 126 g/mol. The molecule has 0 heterocycles. The van der Waals surface area contributed by atoms with Crippen LogP contribution in [0.5, 0.6) is 0 Å². The second-order valence-corrected chi connectivity index (χ2v) is 2.28. The van der Waals surface area contributed by atoms with Crippen molar-refractivity contribution < 1.29 is 4.79 Å². The van der Waals surface area contributed by atoms with Gasteiger partial charge in [0.15, 0.2) is 5.78 Å². The fourth-order valence-electron chi connectivity index (χ4n) is 0.395. The molecule has 2 nitrogen and oxygen atoms in total. The summed E-state index contributed by atoms with van der Waals surface area (Å²) in [4.78, 5) is 14.6. The number of hydrogen-bond donors (Lipinski definition) is 0. The lowest BCUT2D eigenvalue weighted by molar-refractivity contribution is -0.117. The van der Waals surface area contributed by atoms with Crippen molar-refractivity contribution in [2.75, 3.05) is 0 Å². The van der Waals surface area contributed by atoms with Crippen molar-refractivity contribution in [1.29, 1.82) is 0 Å². The minimum Gasteiger partial charge on any atom is -0.295 e. The van der Waals surface area contributed by atoms with Gasteiger partial charge in [0.1, 0.15) is 0 Å². The molecule has 0 aromatic rings. The molecule has 0 spiro atoms. The van der Waals surface area contributed by atoms with E-state index in [1.807, 2.05) is 20.8 Å². The Morgan fingerprint density at radius 1 is 1.50 bits per heavy atom. The first-order valence-corrected chi connectivity index (χ1v) is 3.36. The van der Waals surface area contributed by atoms with E-state index in [0.717, 1.165) is 0 Å². The molecule has 0 amide bonds. The second kappa shape index (κ2) is 4.91. The normalized spacial score (nSPS) is 12.0. The van der Waals surface area contributed by atoms with E-state index < -0.39 is 0 Å². The Hall–Kier alpha value is -0.920. The fourth-order valence-corrected chi connectivity index (χ4v) is 0.395. The monoisotopic (exact) mass is 139 g/mol. The van der Waals surface area contributed by atoms with Gasteiger partial charge in [0, 0.05) is 18.3 Å². The van der Waals surface area contributed by atoms with Crippen LogP contribution in [0.1, 0.15) is 20.8 Å². The zero-order chi connectivity index (χ0) is 7.98. The number of ketones is 1. The van der Waals surface area contributed by atoms with Crippen LogP contribution in [0.2, 0.25) is 0 Å². The van der Waals surface area contributed by atoms with Gasteiger partial charge in [-0.05, 0) is 13.0 Å². The Kier molecular flexibility index (Phi) is 4.46. The minimum atomic E-state index is 0.0725. The average Bonchev–Trinajstić information content (AvgIpc) is 1.88. The van der Waals surface area contributed by atoms with Crippen molar-refractivity contribution in [3.05, 3.63) is 12.3 Å². The second-order valence-electron chi connectivity index (χ2n) is 2.28. The van der Waals surface area contributed by atoms with E-state index in [0.29, 0.717) is 0 Å². The molecule has 0 N–H and O–H groups in total. The summed E-state index contributed by atoms with van der Waals surface area (Å²) in [7, 11) is 0. The highest BCUT2D eigenvalue weighted by atomic mass is 16.1. The summed E-state index contributed by atoms with van der Waals surface area (Å²) < 4.78 is 0. The lowest BCUT2D eigenvalue weighted by atomic mass is 10.1. The van der Waals surface area contributed by atoms with Gasteiger partial charge in [-0.3, -0.25) is 9.79 Å². The summed E-state index contributed by atoms with van der Waals surface area (Å²) in [5.74, 6) is 0.189. The Morgan fingerprint density at radius 2 is 2.10 bits per heavy atom.